The largest absolute Gasteiger partial charge is 0.489 e. The fourth-order valence-corrected chi connectivity index (χ4v) is 14.7. The van der Waals surface area contributed by atoms with E-state index in [0.717, 1.165) is 80.9 Å². The molecule has 1 saturated carbocycles. The second-order valence-electron chi connectivity index (χ2n) is 23.2. The van der Waals surface area contributed by atoms with Crippen molar-refractivity contribution < 1.29 is 46.9 Å². The molecular weight excluding hydrogens is 1010 g/mol. The highest BCUT2D eigenvalue weighted by atomic mass is 32.2. The summed E-state index contributed by atoms with van der Waals surface area (Å²) in [6.45, 7) is 11.6. The van der Waals surface area contributed by atoms with E-state index in [1.807, 2.05) is 44.2 Å². The van der Waals surface area contributed by atoms with E-state index in [1.165, 1.54) is 11.6 Å². The number of carbonyl (C=O) groups is 1. The number of H-pyrrole nitrogens is 1. The maximum Gasteiger partial charge on any atom is 0.297 e. The predicted molar refractivity (Wildman–Crippen MR) is 287 cm³/mol. The number of ether oxygens (including phenoxy) is 5. The van der Waals surface area contributed by atoms with Crippen molar-refractivity contribution in [3.63, 3.8) is 0 Å². The van der Waals surface area contributed by atoms with E-state index in [0.29, 0.717) is 68.3 Å². The van der Waals surface area contributed by atoms with Gasteiger partial charge >= 0.3 is 0 Å². The van der Waals surface area contributed by atoms with Crippen molar-refractivity contribution in [1.29, 1.82) is 0 Å². The van der Waals surface area contributed by atoms with E-state index in [2.05, 4.69) is 59.7 Å². The van der Waals surface area contributed by atoms with Crippen LogP contribution in [-0.4, -0.2) is 152 Å². The molecule has 408 valence electrons. The number of sulfonamides is 1. The van der Waals surface area contributed by atoms with E-state index in [-0.39, 0.29) is 65.9 Å². The fourth-order valence-electron chi connectivity index (χ4n) is 13.7. The smallest absolute Gasteiger partial charge is 0.297 e. The lowest BCUT2D eigenvalue weighted by Gasteiger charge is -2.56. The zero-order valence-electron chi connectivity index (χ0n) is 43.7. The van der Waals surface area contributed by atoms with Crippen LogP contribution >= 0.6 is 0 Å². The maximum absolute atomic E-state index is 14.9. The molecule has 0 unspecified atom stereocenters. The van der Waals surface area contributed by atoms with Crippen molar-refractivity contribution in [2.24, 2.45) is 5.41 Å². The van der Waals surface area contributed by atoms with Crippen molar-refractivity contribution >= 4 is 55.4 Å². The van der Waals surface area contributed by atoms with Gasteiger partial charge in [0.15, 0.2) is 11.4 Å². The van der Waals surface area contributed by atoms with Crippen LogP contribution in [-0.2, 0) is 29.8 Å². The zero-order valence-corrected chi connectivity index (χ0v) is 44.5. The fraction of sp³-hybridized carbons (Fsp3) is 0.536. The number of carbonyl (C=O) groups excluding carboxylic acids is 1. The summed E-state index contributed by atoms with van der Waals surface area (Å²) >= 11 is 0. The molecule has 1 aliphatic carbocycles. The molecule has 13 rings (SSSR count). The van der Waals surface area contributed by atoms with Crippen LogP contribution in [0.25, 0.3) is 11.0 Å². The highest BCUT2D eigenvalue weighted by Crippen LogP contribution is 2.55. The molecule has 9 heterocycles. The van der Waals surface area contributed by atoms with Gasteiger partial charge in [-0.3, -0.25) is 24.7 Å². The predicted octanol–water partition coefficient (Wildman–Crippen LogP) is 6.75. The molecule has 6 atom stereocenters. The Morgan fingerprint density at radius 3 is 2.52 bits per heavy atom. The Kier molecular flexibility index (Phi) is 12.7. The van der Waals surface area contributed by atoms with Crippen LogP contribution < -0.4 is 29.3 Å². The summed E-state index contributed by atoms with van der Waals surface area (Å²) in [7, 11) is -4.74. The van der Waals surface area contributed by atoms with Crippen LogP contribution in [0.5, 0.6) is 11.6 Å². The minimum absolute atomic E-state index is 0.0188. The number of nitrogens with one attached hydrogen (secondary N) is 3. The first-order valence-electron chi connectivity index (χ1n) is 27.3. The standard InChI is InChI=1S/C56H67N9O11S/c1-33-28-74-49(27-63(33)37-29-73-30-37)42-31-75-48-24-38(23-46(65(68)69)51(48)58-42)77(70,71)60-53(66)40-11-10-35(22-45(40)64-44-13-20-72-32-50(44)76-54-47(64)21-34-12-16-57-52(34)59-54)61-18-14-56(15-19-61)25-36(26-56)62-17-6-9-43(62)39-7-4-5-8-41(39)55(2,3)67/h4-5,7-8,10-12,16,21-24,33,36-37,42-44,49-50,58,67H,6,9,13-15,17-20,25-32H2,1-3H3,(H,57,59)(H,60,66)/t33-,42-,43+,44+,49-,50-/m1/s1. The number of benzene rings is 3. The van der Waals surface area contributed by atoms with Gasteiger partial charge in [-0.1, -0.05) is 24.3 Å². The second-order valence-corrected chi connectivity index (χ2v) is 24.8. The van der Waals surface area contributed by atoms with Gasteiger partial charge in [0.1, 0.15) is 24.0 Å². The molecule has 20 nitrogen and oxygen atoms in total. The number of amides is 1. The molecule has 8 aliphatic rings. The topological polar surface area (TPSA) is 226 Å². The second kappa shape index (κ2) is 19.4. The number of fused-ring (bicyclic) bond motifs is 4. The van der Waals surface area contributed by atoms with Gasteiger partial charge in [0, 0.05) is 73.8 Å². The van der Waals surface area contributed by atoms with Gasteiger partial charge in [0.2, 0.25) is 5.88 Å². The summed E-state index contributed by atoms with van der Waals surface area (Å²) in [4.78, 5) is 44.0. The molecule has 0 bridgehead atoms. The van der Waals surface area contributed by atoms with E-state index >= 15 is 0 Å². The number of aliphatic hydroxyl groups is 1. The van der Waals surface area contributed by atoms with Gasteiger partial charge in [0.25, 0.3) is 21.6 Å². The third-order valence-electron chi connectivity index (χ3n) is 17.9. The van der Waals surface area contributed by atoms with Crippen molar-refractivity contribution in [3.05, 3.63) is 99.7 Å². The normalized spacial score (nSPS) is 26.9. The number of hydrogen-bond donors (Lipinski definition) is 4. The van der Waals surface area contributed by atoms with Gasteiger partial charge in [-0.05, 0) is 119 Å². The highest BCUT2D eigenvalue weighted by molar-refractivity contribution is 7.90. The van der Waals surface area contributed by atoms with Gasteiger partial charge in [-0.15, -0.1) is 0 Å². The third-order valence-corrected chi connectivity index (χ3v) is 19.3. The number of aromatic nitrogens is 2. The number of likely N-dealkylation sites (tertiary alicyclic amines) is 1. The average Bonchev–Trinajstić information content (AvgIpc) is 4.18. The Bertz CT molecular complexity index is 3220. The number of pyridine rings is 1. The van der Waals surface area contributed by atoms with E-state index in [4.69, 9.17) is 28.7 Å². The Morgan fingerprint density at radius 1 is 0.922 bits per heavy atom. The lowest BCUT2D eigenvalue weighted by Crippen LogP contribution is -2.62. The molecule has 2 aromatic heterocycles. The number of nitro groups is 1. The van der Waals surface area contributed by atoms with Crippen molar-refractivity contribution in [2.75, 3.05) is 80.9 Å². The molecule has 0 radical (unpaired) electrons. The quantitative estimate of drug-likeness (QED) is 0.0792. The molecule has 4 N–H and O–H groups in total. The Morgan fingerprint density at radius 2 is 1.74 bits per heavy atom. The van der Waals surface area contributed by atoms with Crippen LogP contribution in [0.4, 0.5) is 28.4 Å². The van der Waals surface area contributed by atoms with Crippen LogP contribution in [0.3, 0.4) is 0 Å². The first kappa shape index (κ1) is 50.4. The SMILES string of the molecule is C[C@@H]1CO[C@@H]([C@H]2COc3cc(S(=O)(=O)NC(=O)c4ccc(N5CCC6(CC5)CC(N5CCC[C@H]5c5ccccc5C(C)(C)O)C6)cc4N4c5cc6cc[nH]c6nc5O[C@@H]5COCC[C@@H]54)cc([N+](=O)[O-])c3N2)CN1C1COC1. The molecule has 6 fully saturated rings. The molecule has 7 aliphatic heterocycles. The van der Waals surface area contributed by atoms with Crippen LogP contribution in [0.2, 0.25) is 0 Å². The zero-order chi connectivity index (χ0) is 53.0. The lowest BCUT2D eigenvalue weighted by atomic mass is 9.59. The van der Waals surface area contributed by atoms with E-state index in [1.54, 1.807) is 12.3 Å². The summed E-state index contributed by atoms with van der Waals surface area (Å²) in [6, 6.07) is 20.4. The number of piperidine rings is 1. The average molecular weight is 1070 g/mol. The summed E-state index contributed by atoms with van der Waals surface area (Å²) in [5, 5.41) is 27.9. The molecule has 5 aromatic rings. The molecule has 5 saturated heterocycles. The van der Waals surface area contributed by atoms with Gasteiger partial charge in [0.05, 0.1) is 77.3 Å². The summed E-state index contributed by atoms with van der Waals surface area (Å²) in [5.74, 6) is -0.576. The Labute approximate surface area is 447 Å². The molecule has 3 aromatic carbocycles. The number of rotatable bonds is 11. The Balaban J connectivity index is 0.778. The number of morpholine rings is 1. The van der Waals surface area contributed by atoms with E-state index < -0.39 is 49.2 Å². The Hall–Kier alpha value is -6.07. The molecule has 21 heteroatoms. The molecule has 77 heavy (non-hydrogen) atoms. The van der Waals surface area contributed by atoms with Crippen LogP contribution in [0, 0.1) is 15.5 Å². The number of anilines is 4. The molecule has 1 spiro atoms. The van der Waals surface area contributed by atoms with Gasteiger partial charge in [-0.2, -0.15) is 4.98 Å². The van der Waals surface area contributed by atoms with Crippen LogP contribution in [0.15, 0.2) is 77.8 Å². The molecular formula is C56H67N9O11S. The third kappa shape index (κ3) is 9.14. The maximum atomic E-state index is 14.9. The summed E-state index contributed by atoms with van der Waals surface area (Å²) in [6.07, 6.45) is 8.03. The summed E-state index contributed by atoms with van der Waals surface area (Å²) in [5.41, 5.74) is 3.78. The van der Waals surface area contributed by atoms with Gasteiger partial charge in [-0.25, -0.2) is 13.1 Å². The van der Waals surface area contributed by atoms with E-state index in [9.17, 15) is 28.4 Å². The van der Waals surface area contributed by atoms with Crippen LogP contribution in [0.1, 0.15) is 93.2 Å². The number of nitro benzene ring substituents is 1. The first-order chi connectivity index (χ1) is 37.1. The minimum atomic E-state index is -4.74. The summed E-state index contributed by atoms with van der Waals surface area (Å²) < 4.78 is 61.5. The van der Waals surface area contributed by atoms with Gasteiger partial charge < -0.3 is 48.9 Å². The minimum Gasteiger partial charge on any atom is -0.489 e. The van der Waals surface area contributed by atoms with Crippen molar-refractivity contribution in [1.82, 2.24) is 24.5 Å². The first-order valence-corrected chi connectivity index (χ1v) is 28.8. The monoisotopic (exact) mass is 1070 g/mol. The van der Waals surface area contributed by atoms with Crippen molar-refractivity contribution in [2.45, 2.75) is 125 Å². The molecule has 1 amide bonds. The lowest BCUT2D eigenvalue weighted by molar-refractivity contribution is -0.384. The number of aromatic amines is 1. The number of nitrogens with zero attached hydrogens (tertiary/aromatic N) is 6. The number of hydrogen-bond acceptors (Lipinski definition) is 17. The highest BCUT2D eigenvalue weighted by Gasteiger charge is 2.51. The van der Waals surface area contributed by atoms with Crippen molar-refractivity contribution in [3.8, 4) is 11.6 Å².